The third-order valence-corrected chi connectivity index (χ3v) is 4.91. The number of halogens is 1. The third kappa shape index (κ3) is 2.33. The van der Waals surface area contributed by atoms with Gasteiger partial charge in [0.25, 0.3) is 0 Å². The number of para-hydroxylation sites is 2. The van der Waals surface area contributed by atoms with Gasteiger partial charge < -0.3 is 4.42 Å². The summed E-state index contributed by atoms with van der Waals surface area (Å²) in [7, 11) is 0. The van der Waals surface area contributed by atoms with Gasteiger partial charge in [-0.05, 0) is 34.5 Å². The molecule has 2 aromatic heterocycles. The molecule has 0 radical (unpaired) electrons. The van der Waals surface area contributed by atoms with Gasteiger partial charge >= 0.3 is 0 Å². The molecule has 1 atom stereocenters. The quantitative estimate of drug-likeness (QED) is 0.462. The fourth-order valence-electron chi connectivity index (χ4n) is 2.51. The minimum absolute atomic E-state index is 0.130. The maximum Gasteiger partial charge on any atom is 0.197 e. The lowest BCUT2D eigenvalue weighted by Crippen LogP contribution is -1.95. The first kappa shape index (κ1) is 12.9. The van der Waals surface area contributed by atoms with E-state index in [0.29, 0.717) is 12.3 Å². The van der Waals surface area contributed by atoms with E-state index in [0.717, 1.165) is 16.7 Å². The molecule has 4 aromatic rings. The summed E-state index contributed by atoms with van der Waals surface area (Å²) in [5.41, 5.74) is 2.85. The molecule has 0 amide bonds. The minimum Gasteiger partial charge on any atom is -0.441 e. The molecular formula is C17H12ClNOS. The zero-order valence-corrected chi connectivity index (χ0v) is 12.7. The van der Waals surface area contributed by atoms with Crippen molar-refractivity contribution < 1.29 is 4.42 Å². The normalized spacial score (nSPS) is 13.0. The van der Waals surface area contributed by atoms with Crippen LogP contribution < -0.4 is 0 Å². The van der Waals surface area contributed by atoms with Gasteiger partial charge in [-0.15, -0.1) is 22.9 Å². The average molecular weight is 314 g/mol. The SMILES string of the molecule is ClC(Cc1nc2ccccc2o1)c1csc2ccccc12. The van der Waals surface area contributed by atoms with E-state index >= 15 is 0 Å². The van der Waals surface area contributed by atoms with Crippen molar-refractivity contribution in [3.63, 3.8) is 0 Å². The maximum atomic E-state index is 6.60. The Morgan fingerprint density at radius 3 is 2.81 bits per heavy atom. The van der Waals surface area contributed by atoms with E-state index in [1.165, 1.54) is 10.1 Å². The second-order valence-electron chi connectivity index (χ2n) is 4.93. The van der Waals surface area contributed by atoms with Crippen LogP contribution in [0.1, 0.15) is 16.8 Å². The molecule has 0 saturated heterocycles. The number of aromatic nitrogens is 1. The molecule has 1 unspecified atom stereocenters. The largest absolute Gasteiger partial charge is 0.441 e. The fourth-order valence-corrected chi connectivity index (χ4v) is 3.91. The minimum atomic E-state index is -0.130. The molecular weight excluding hydrogens is 302 g/mol. The number of hydrogen-bond donors (Lipinski definition) is 0. The van der Waals surface area contributed by atoms with Crippen LogP contribution in [0.2, 0.25) is 0 Å². The monoisotopic (exact) mass is 313 g/mol. The molecule has 0 bridgehead atoms. The van der Waals surface area contributed by atoms with Crippen molar-refractivity contribution in [3.8, 4) is 0 Å². The Bertz CT molecular complexity index is 878. The van der Waals surface area contributed by atoms with Crippen LogP contribution in [0.4, 0.5) is 0 Å². The molecule has 0 saturated carbocycles. The summed E-state index contributed by atoms with van der Waals surface area (Å²) in [6, 6.07) is 16.1. The lowest BCUT2D eigenvalue weighted by molar-refractivity contribution is 0.525. The van der Waals surface area contributed by atoms with Gasteiger partial charge in [0.1, 0.15) is 5.52 Å². The molecule has 2 heterocycles. The first-order valence-corrected chi connectivity index (χ1v) is 8.07. The molecule has 2 nitrogen and oxygen atoms in total. The molecule has 2 aromatic carbocycles. The van der Waals surface area contributed by atoms with Crippen LogP contribution in [-0.2, 0) is 6.42 Å². The van der Waals surface area contributed by atoms with E-state index in [2.05, 4.69) is 22.5 Å². The van der Waals surface area contributed by atoms with Gasteiger partial charge in [-0.25, -0.2) is 4.98 Å². The van der Waals surface area contributed by atoms with E-state index in [9.17, 15) is 0 Å². The van der Waals surface area contributed by atoms with Crippen LogP contribution >= 0.6 is 22.9 Å². The second-order valence-corrected chi connectivity index (χ2v) is 6.37. The summed E-state index contributed by atoms with van der Waals surface area (Å²) >= 11 is 8.32. The van der Waals surface area contributed by atoms with Crippen molar-refractivity contribution in [2.24, 2.45) is 0 Å². The summed E-state index contributed by atoms with van der Waals surface area (Å²) in [6.45, 7) is 0. The average Bonchev–Trinajstić information content (AvgIpc) is 3.10. The number of hydrogen-bond acceptors (Lipinski definition) is 3. The number of thiophene rings is 1. The topological polar surface area (TPSA) is 26.0 Å². The lowest BCUT2D eigenvalue weighted by Gasteiger charge is -2.05. The highest BCUT2D eigenvalue weighted by Crippen LogP contribution is 2.35. The van der Waals surface area contributed by atoms with Gasteiger partial charge in [0.2, 0.25) is 0 Å². The smallest absolute Gasteiger partial charge is 0.197 e. The van der Waals surface area contributed by atoms with E-state index in [1.54, 1.807) is 11.3 Å². The summed E-state index contributed by atoms with van der Waals surface area (Å²) in [4.78, 5) is 4.49. The summed E-state index contributed by atoms with van der Waals surface area (Å²) in [5.74, 6) is 0.687. The Morgan fingerprint density at radius 1 is 1.10 bits per heavy atom. The number of benzene rings is 2. The van der Waals surface area contributed by atoms with Crippen molar-refractivity contribution in [1.29, 1.82) is 0 Å². The summed E-state index contributed by atoms with van der Waals surface area (Å²) in [5, 5.41) is 3.22. The predicted molar refractivity (Wildman–Crippen MR) is 88.1 cm³/mol. The Labute approximate surface area is 131 Å². The van der Waals surface area contributed by atoms with Crippen LogP contribution in [0.15, 0.2) is 58.3 Å². The van der Waals surface area contributed by atoms with Crippen molar-refractivity contribution >= 4 is 44.1 Å². The van der Waals surface area contributed by atoms with E-state index in [4.69, 9.17) is 16.0 Å². The second kappa shape index (κ2) is 5.17. The lowest BCUT2D eigenvalue weighted by atomic mass is 10.1. The number of fused-ring (bicyclic) bond motifs is 2. The van der Waals surface area contributed by atoms with Crippen LogP contribution in [0.5, 0.6) is 0 Å². The highest BCUT2D eigenvalue weighted by molar-refractivity contribution is 7.17. The zero-order chi connectivity index (χ0) is 14.2. The third-order valence-electron chi connectivity index (χ3n) is 3.54. The van der Waals surface area contributed by atoms with Gasteiger partial charge in [-0.1, -0.05) is 30.3 Å². The first-order valence-electron chi connectivity index (χ1n) is 6.76. The first-order chi connectivity index (χ1) is 10.3. The van der Waals surface area contributed by atoms with Gasteiger partial charge in [0.15, 0.2) is 11.5 Å². The Hall–Kier alpha value is -1.84. The van der Waals surface area contributed by atoms with E-state index < -0.39 is 0 Å². The van der Waals surface area contributed by atoms with Gasteiger partial charge in [-0.2, -0.15) is 0 Å². The maximum absolute atomic E-state index is 6.60. The van der Waals surface area contributed by atoms with Crippen LogP contribution in [0, 0.1) is 0 Å². The Morgan fingerprint density at radius 2 is 1.90 bits per heavy atom. The van der Waals surface area contributed by atoms with Crippen molar-refractivity contribution in [3.05, 3.63) is 65.4 Å². The molecule has 0 aliphatic rings. The molecule has 0 spiro atoms. The van der Waals surface area contributed by atoms with Crippen LogP contribution in [0.25, 0.3) is 21.2 Å². The standard InChI is InChI=1S/C17H12ClNOS/c18-13(12-10-21-16-8-4-1-5-11(12)16)9-17-19-14-6-2-3-7-15(14)20-17/h1-8,10,13H,9H2. The van der Waals surface area contributed by atoms with Crippen molar-refractivity contribution in [2.75, 3.05) is 0 Å². The molecule has 104 valence electrons. The van der Waals surface area contributed by atoms with Gasteiger partial charge in [0, 0.05) is 11.1 Å². The molecule has 4 heteroatoms. The predicted octanol–water partition coefficient (Wildman–Crippen LogP) is 5.57. The molecule has 0 aliphatic carbocycles. The fraction of sp³-hybridized carbons (Fsp3) is 0.118. The van der Waals surface area contributed by atoms with Crippen molar-refractivity contribution in [2.45, 2.75) is 11.8 Å². The number of alkyl halides is 1. The molecule has 4 rings (SSSR count). The number of rotatable bonds is 3. The van der Waals surface area contributed by atoms with Crippen LogP contribution in [0.3, 0.4) is 0 Å². The number of nitrogens with zero attached hydrogens (tertiary/aromatic N) is 1. The van der Waals surface area contributed by atoms with Crippen LogP contribution in [-0.4, -0.2) is 4.98 Å². The summed E-state index contributed by atoms with van der Waals surface area (Å²) in [6.07, 6.45) is 0.594. The molecule has 0 N–H and O–H groups in total. The van der Waals surface area contributed by atoms with Crippen molar-refractivity contribution in [1.82, 2.24) is 4.98 Å². The van der Waals surface area contributed by atoms with Gasteiger partial charge in [0.05, 0.1) is 5.38 Å². The summed E-state index contributed by atoms with van der Waals surface area (Å²) < 4.78 is 7.02. The Balaban J connectivity index is 1.67. The molecule has 0 fully saturated rings. The molecule has 0 aliphatic heterocycles. The highest BCUT2D eigenvalue weighted by Gasteiger charge is 2.17. The zero-order valence-electron chi connectivity index (χ0n) is 11.1. The van der Waals surface area contributed by atoms with E-state index in [1.807, 2.05) is 36.4 Å². The number of oxazole rings is 1. The van der Waals surface area contributed by atoms with E-state index in [-0.39, 0.29) is 5.38 Å². The van der Waals surface area contributed by atoms with Gasteiger partial charge in [-0.3, -0.25) is 0 Å². The molecule has 21 heavy (non-hydrogen) atoms. The Kier molecular flexibility index (Phi) is 3.17. The highest BCUT2D eigenvalue weighted by atomic mass is 35.5.